The third-order valence-corrected chi connectivity index (χ3v) is 3.87. The van der Waals surface area contributed by atoms with Gasteiger partial charge in [0.15, 0.2) is 5.82 Å². The van der Waals surface area contributed by atoms with E-state index in [4.69, 9.17) is 0 Å². The molecule has 0 amide bonds. The molecule has 3 aromatic heterocycles. The van der Waals surface area contributed by atoms with Gasteiger partial charge in [-0.05, 0) is 25.0 Å². The van der Waals surface area contributed by atoms with Crippen molar-refractivity contribution in [1.82, 2.24) is 24.4 Å². The smallest absolute Gasteiger partial charge is 0.154 e. The second-order valence-corrected chi connectivity index (χ2v) is 5.30. The summed E-state index contributed by atoms with van der Waals surface area (Å²) in [5.41, 5.74) is 2.27. The van der Waals surface area contributed by atoms with Gasteiger partial charge < -0.3 is 4.90 Å². The minimum atomic E-state index is 0.425. The summed E-state index contributed by atoms with van der Waals surface area (Å²) in [5.74, 6) is 1.01. The Labute approximate surface area is 116 Å². The van der Waals surface area contributed by atoms with Gasteiger partial charge in [-0.15, -0.1) is 0 Å². The van der Waals surface area contributed by atoms with Gasteiger partial charge in [-0.2, -0.15) is 10.2 Å². The molecule has 1 aliphatic rings. The van der Waals surface area contributed by atoms with Crippen LogP contribution in [0.3, 0.4) is 0 Å². The van der Waals surface area contributed by atoms with Gasteiger partial charge in [0.05, 0.1) is 18.4 Å². The van der Waals surface area contributed by atoms with Crippen LogP contribution in [0, 0.1) is 6.92 Å². The van der Waals surface area contributed by atoms with Crippen LogP contribution in [0.5, 0.6) is 0 Å². The van der Waals surface area contributed by atoms with Gasteiger partial charge in [-0.3, -0.25) is 4.68 Å². The van der Waals surface area contributed by atoms with Crippen LogP contribution in [-0.2, 0) is 0 Å². The van der Waals surface area contributed by atoms with E-state index in [1.54, 1.807) is 6.20 Å². The molecular weight excluding hydrogens is 252 g/mol. The summed E-state index contributed by atoms with van der Waals surface area (Å²) in [6, 6.07) is 2.43. The first-order chi connectivity index (χ1) is 9.81. The molecule has 6 nitrogen and oxygen atoms in total. The molecule has 0 bridgehead atoms. The van der Waals surface area contributed by atoms with Gasteiger partial charge in [-0.25, -0.2) is 9.50 Å². The maximum Gasteiger partial charge on any atom is 0.154 e. The van der Waals surface area contributed by atoms with Crippen LogP contribution >= 0.6 is 0 Å². The molecule has 1 unspecified atom stereocenters. The maximum absolute atomic E-state index is 4.53. The summed E-state index contributed by atoms with van der Waals surface area (Å²) < 4.78 is 3.94. The molecule has 0 spiro atoms. The number of fused-ring (bicyclic) bond motifs is 1. The van der Waals surface area contributed by atoms with Gasteiger partial charge in [0.2, 0.25) is 0 Å². The van der Waals surface area contributed by atoms with E-state index < -0.39 is 0 Å². The normalized spacial score (nSPS) is 19.1. The molecule has 1 fully saturated rings. The third-order valence-electron chi connectivity index (χ3n) is 3.87. The Morgan fingerprint density at radius 1 is 1.25 bits per heavy atom. The van der Waals surface area contributed by atoms with Gasteiger partial charge >= 0.3 is 0 Å². The van der Waals surface area contributed by atoms with Gasteiger partial charge in [0.25, 0.3) is 0 Å². The summed E-state index contributed by atoms with van der Waals surface area (Å²) in [6.07, 6.45) is 10.6. The van der Waals surface area contributed by atoms with Crippen molar-refractivity contribution in [2.24, 2.45) is 0 Å². The molecule has 4 rings (SSSR count). The number of rotatable bonds is 2. The standard InChI is InChI=1S/C14H16N6/c1-11-8-17-20(9-11)12-3-6-18(10-12)14-13-2-4-16-19(13)7-5-15-14/h2,4-5,7-9,12H,3,6,10H2,1H3. The Bertz CT molecular complexity index is 743. The first-order valence-electron chi connectivity index (χ1n) is 6.85. The van der Waals surface area contributed by atoms with Crippen molar-refractivity contribution in [2.45, 2.75) is 19.4 Å². The molecule has 0 saturated carbocycles. The molecule has 20 heavy (non-hydrogen) atoms. The van der Waals surface area contributed by atoms with Crippen molar-refractivity contribution in [1.29, 1.82) is 0 Å². The molecule has 0 N–H and O–H groups in total. The highest BCUT2D eigenvalue weighted by Gasteiger charge is 2.26. The Morgan fingerprint density at radius 3 is 3.05 bits per heavy atom. The van der Waals surface area contributed by atoms with E-state index in [2.05, 4.69) is 37.9 Å². The Balaban J connectivity index is 1.63. The molecular formula is C14H16N6. The molecule has 1 atom stereocenters. The first-order valence-corrected chi connectivity index (χ1v) is 6.85. The zero-order chi connectivity index (χ0) is 13.5. The van der Waals surface area contributed by atoms with Crippen molar-refractivity contribution in [3.63, 3.8) is 0 Å². The van der Waals surface area contributed by atoms with E-state index in [9.17, 15) is 0 Å². The minimum Gasteiger partial charge on any atom is -0.353 e. The lowest BCUT2D eigenvalue weighted by Gasteiger charge is -2.18. The predicted octanol–water partition coefficient (Wildman–Crippen LogP) is 1.69. The van der Waals surface area contributed by atoms with Crippen LogP contribution < -0.4 is 4.90 Å². The van der Waals surface area contributed by atoms with E-state index in [1.807, 2.05) is 29.2 Å². The van der Waals surface area contributed by atoms with Crippen LogP contribution in [0.4, 0.5) is 5.82 Å². The lowest BCUT2D eigenvalue weighted by Crippen LogP contribution is -2.22. The zero-order valence-electron chi connectivity index (χ0n) is 11.3. The van der Waals surface area contributed by atoms with Crippen molar-refractivity contribution < 1.29 is 0 Å². The maximum atomic E-state index is 4.53. The molecule has 6 heteroatoms. The lowest BCUT2D eigenvalue weighted by molar-refractivity contribution is 0.494. The fraction of sp³-hybridized carbons (Fsp3) is 0.357. The highest BCUT2D eigenvalue weighted by molar-refractivity contribution is 5.68. The molecule has 1 saturated heterocycles. The summed E-state index contributed by atoms with van der Waals surface area (Å²) in [5, 5.41) is 8.69. The topological polar surface area (TPSA) is 51.2 Å². The molecule has 0 aliphatic carbocycles. The molecule has 102 valence electrons. The van der Waals surface area contributed by atoms with Crippen molar-refractivity contribution in [3.8, 4) is 0 Å². The third kappa shape index (κ3) is 1.76. The average molecular weight is 268 g/mol. The Morgan fingerprint density at radius 2 is 2.20 bits per heavy atom. The summed E-state index contributed by atoms with van der Waals surface area (Å²) in [4.78, 5) is 6.85. The number of aromatic nitrogens is 5. The number of aryl methyl sites for hydroxylation is 1. The van der Waals surface area contributed by atoms with E-state index >= 15 is 0 Å². The van der Waals surface area contributed by atoms with Crippen molar-refractivity contribution in [2.75, 3.05) is 18.0 Å². The number of anilines is 1. The largest absolute Gasteiger partial charge is 0.353 e. The second-order valence-electron chi connectivity index (χ2n) is 5.30. The quantitative estimate of drug-likeness (QED) is 0.709. The van der Waals surface area contributed by atoms with E-state index in [1.165, 1.54) is 5.56 Å². The summed E-state index contributed by atoms with van der Waals surface area (Å²) in [7, 11) is 0. The first kappa shape index (κ1) is 11.5. The van der Waals surface area contributed by atoms with E-state index in [0.717, 1.165) is 30.8 Å². The van der Waals surface area contributed by atoms with Gasteiger partial charge in [0.1, 0.15) is 5.52 Å². The SMILES string of the molecule is Cc1cnn(C2CCN(c3nccn4nccc34)C2)c1. The van der Waals surface area contributed by atoms with Crippen molar-refractivity contribution in [3.05, 3.63) is 42.6 Å². The highest BCUT2D eigenvalue weighted by atomic mass is 15.3. The van der Waals surface area contributed by atoms with E-state index in [0.29, 0.717) is 6.04 Å². The van der Waals surface area contributed by atoms with Crippen LogP contribution in [0.15, 0.2) is 37.1 Å². The monoisotopic (exact) mass is 268 g/mol. The van der Waals surface area contributed by atoms with Crippen LogP contribution in [-0.4, -0.2) is 37.5 Å². The molecule has 4 heterocycles. The molecule has 3 aromatic rings. The van der Waals surface area contributed by atoms with Gasteiger partial charge in [0, 0.05) is 31.7 Å². The lowest BCUT2D eigenvalue weighted by atomic mass is 10.3. The summed E-state index contributed by atoms with van der Waals surface area (Å²) in [6.45, 7) is 4.02. The molecule has 0 radical (unpaired) electrons. The molecule has 0 aromatic carbocycles. The highest BCUT2D eigenvalue weighted by Crippen LogP contribution is 2.27. The fourth-order valence-electron chi connectivity index (χ4n) is 2.87. The Kier molecular flexibility index (Phi) is 2.48. The fourth-order valence-corrected chi connectivity index (χ4v) is 2.87. The summed E-state index contributed by atoms with van der Waals surface area (Å²) >= 11 is 0. The number of hydrogen-bond acceptors (Lipinski definition) is 4. The minimum absolute atomic E-state index is 0.425. The van der Waals surface area contributed by atoms with Crippen LogP contribution in [0.1, 0.15) is 18.0 Å². The average Bonchev–Trinajstić information content (AvgIpc) is 3.17. The number of nitrogens with zero attached hydrogens (tertiary/aromatic N) is 6. The van der Waals surface area contributed by atoms with Crippen molar-refractivity contribution >= 4 is 11.3 Å². The zero-order valence-corrected chi connectivity index (χ0v) is 11.3. The number of hydrogen-bond donors (Lipinski definition) is 0. The second kappa shape index (κ2) is 4.33. The van der Waals surface area contributed by atoms with Crippen LogP contribution in [0.2, 0.25) is 0 Å². The van der Waals surface area contributed by atoms with E-state index in [-0.39, 0.29) is 0 Å². The van der Waals surface area contributed by atoms with Crippen LogP contribution in [0.25, 0.3) is 5.52 Å². The van der Waals surface area contributed by atoms with Gasteiger partial charge in [-0.1, -0.05) is 0 Å². The predicted molar refractivity (Wildman–Crippen MR) is 75.8 cm³/mol. The Hall–Kier alpha value is -2.37. The molecule has 1 aliphatic heterocycles.